The first-order chi connectivity index (χ1) is 10.7. The van der Waals surface area contributed by atoms with Gasteiger partial charge >= 0.3 is 5.97 Å². The predicted molar refractivity (Wildman–Crippen MR) is 80.1 cm³/mol. The van der Waals surface area contributed by atoms with Crippen LogP contribution in [0.25, 0.3) is 5.65 Å². The molecule has 1 aromatic carbocycles. The number of halogens is 1. The van der Waals surface area contributed by atoms with Crippen molar-refractivity contribution in [2.45, 2.75) is 6.61 Å². The molecule has 0 fully saturated rings. The summed E-state index contributed by atoms with van der Waals surface area (Å²) in [4.78, 5) is 16.0. The van der Waals surface area contributed by atoms with Crippen LogP contribution >= 0.6 is 11.6 Å². The number of aromatic nitrogens is 3. The fourth-order valence-corrected chi connectivity index (χ4v) is 2.15. The molecule has 0 bridgehead atoms. The van der Waals surface area contributed by atoms with Crippen LogP contribution in [0.3, 0.4) is 0 Å². The molecule has 3 rings (SSSR count). The number of esters is 1. The van der Waals surface area contributed by atoms with Crippen molar-refractivity contribution in [1.29, 1.82) is 0 Å². The largest absolute Gasteiger partial charge is 0.485 e. The Morgan fingerprint density at radius 2 is 2.09 bits per heavy atom. The van der Waals surface area contributed by atoms with E-state index >= 15 is 0 Å². The van der Waals surface area contributed by atoms with Gasteiger partial charge in [0.05, 0.1) is 7.11 Å². The first-order valence-electron chi connectivity index (χ1n) is 6.49. The summed E-state index contributed by atoms with van der Waals surface area (Å²) in [5, 5.41) is 4.86. The van der Waals surface area contributed by atoms with E-state index in [0.29, 0.717) is 27.9 Å². The van der Waals surface area contributed by atoms with Gasteiger partial charge in [0.1, 0.15) is 12.4 Å². The van der Waals surface area contributed by atoms with Crippen molar-refractivity contribution in [3.05, 3.63) is 59.0 Å². The zero-order valence-corrected chi connectivity index (χ0v) is 12.4. The van der Waals surface area contributed by atoms with Crippen molar-refractivity contribution in [3.63, 3.8) is 0 Å². The fourth-order valence-electron chi connectivity index (χ4n) is 1.97. The van der Waals surface area contributed by atoms with Crippen LogP contribution in [-0.2, 0) is 11.3 Å². The van der Waals surface area contributed by atoms with Crippen LogP contribution in [0.1, 0.15) is 16.3 Å². The van der Waals surface area contributed by atoms with Gasteiger partial charge in [0, 0.05) is 5.02 Å². The molecule has 2 aromatic heterocycles. The topological polar surface area (TPSA) is 65.7 Å². The van der Waals surface area contributed by atoms with Crippen LogP contribution in [0.4, 0.5) is 0 Å². The quantitative estimate of drug-likeness (QED) is 0.692. The molecule has 0 saturated heterocycles. The second kappa shape index (κ2) is 6.03. The maximum atomic E-state index is 11.7. The number of hydrogen-bond acceptors (Lipinski definition) is 5. The standard InChI is InChI=1S/C15H12ClN3O3/c1-21-15(20)12-6-3-7-14-17-13(18-19(12)14)9-22-11-5-2-4-10(16)8-11/h2-8H,9H2,1H3. The van der Waals surface area contributed by atoms with E-state index < -0.39 is 5.97 Å². The van der Waals surface area contributed by atoms with Crippen molar-refractivity contribution in [2.24, 2.45) is 0 Å². The minimum atomic E-state index is -0.474. The lowest BCUT2D eigenvalue weighted by molar-refractivity contribution is 0.0590. The van der Waals surface area contributed by atoms with Crippen LogP contribution in [0.15, 0.2) is 42.5 Å². The molecule has 0 aliphatic heterocycles. The lowest BCUT2D eigenvalue weighted by Crippen LogP contribution is -2.09. The zero-order valence-electron chi connectivity index (χ0n) is 11.7. The monoisotopic (exact) mass is 317 g/mol. The average Bonchev–Trinajstić information content (AvgIpc) is 2.95. The molecule has 0 amide bonds. The van der Waals surface area contributed by atoms with Crippen molar-refractivity contribution in [2.75, 3.05) is 7.11 Å². The third kappa shape index (κ3) is 2.87. The van der Waals surface area contributed by atoms with Crippen LogP contribution in [-0.4, -0.2) is 27.7 Å². The van der Waals surface area contributed by atoms with Gasteiger partial charge in [-0.25, -0.2) is 14.3 Å². The Labute approximate surface area is 131 Å². The summed E-state index contributed by atoms with van der Waals surface area (Å²) in [6.07, 6.45) is 0. The van der Waals surface area contributed by atoms with Crippen LogP contribution in [0.2, 0.25) is 5.02 Å². The molecule has 2 heterocycles. The normalized spacial score (nSPS) is 10.6. The number of carbonyl (C=O) groups is 1. The number of nitrogens with zero attached hydrogens (tertiary/aromatic N) is 3. The van der Waals surface area contributed by atoms with Crippen LogP contribution < -0.4 is 4.74 Å². The van der Waals surface area contributed by atoms with Gasteiger partial charge < -0.3 is 9.47 Å². The molecule has 0 unspecified atom stereocenters. The number of carbonyl (C=O) groups excluding carboxylic acids is 1. The highest BCUT2D eigenvalue weighted by Crippen LogP contribution is 2.18. The van der Waals surface area contributed by atoms with Gasteiger partial charge in [-0.3, -0.25) is 0 Å². The molecular weight excluding hydrogens is 306 g/mol. The SMILES string of the molecule is COC(=O)c1cccc2nc(COc3cccc(Cl)c3)nn12. The third-order valence-electron chi connectivity index (χ3n) is 2.96. The summed E-state index contributed by atoms with van der Waals surface area (Å²) in [5.74, 6) is 0.605. The van der Waals surface area contributed by atoms with Gasteiger partial charge in [-0.1, -0.05) is 23.7 Å². The second-order valence-corrected chi connectivity index (χ2v) is 4.88. The van der Waals surface area contributed by atoms with E-state index in [-0.39, 0.29) is 6.61 Å². The number of fused-ring (bicyclic) bond motifs is 1. The minimum Gasteiger partial charge on any atom is -0.485 e. The summed E-state index contributed by atoms with van der Waals surface area (Å²) in [6.45, 7) is 0.169. The smallest absolute Gasteiger partial charge is 0.356 e. The van der Waals surface area contributed by atoms with Crippen molar-refractivity contribution < 1.29 is 14.3 Å². The molecule has 0 atom stereocenters. The molecule has 22 heavy (non-hydrogen) atoms. The summed E-state index contributed by atoms with van der Waals surface area (Å²) in [7, 11) is 1.32. The highest BCUT2D eigenvalue weighted by Gasteiger charge is 2.13. The molecule has 0 aliphatic rings. The number of rotatable bonds is 4. The molecule has 0 aliphatic carbocycles. The Hall–Kier alpha value is -2.60. The Morgan fingerprint density at radius 1 is 1.27 bits per heavy atom. The fraction of sp³-hybridized carbons (Fsp3) is 0.133. The highest BCUT2D eigenvalue weighted by molar-refractivity contribution is 6.30. The number of benzene rings is 1. The van der Waals surface area contributed by atoms with E-state index in [1.807, 2.05) is 0 Å². The number of hydrogen-bond donors (Lipinski definition) is 0. The molecule has 0 saturated carbocycles. The summed E-state index contributed by atoms with van der Waals surface area (Å²) >= 11 is 5.90. The van der Waals surface area contributed by atoms with E-state index in [9.17, 15) is 4.79 Å². The summed E-state index contributed by atoms with van der Waals surface area (Å²) < 4.78 is 11.7. The van der Waals surface area contributed by atoms with Gasteiger partial charge in [0.25, 0.3) is 0 Å². The van der Waals surface area contributed by atoms with Crippen molar-refractivity contribution >= 4 is 23.2 Å². The lowest BCUT2D eigenvalue weighted by atomic mass is 10.3. The Balaban J connectivity index is 1.85. The average molecular weight is 318 g/mol. The summed E-state index contributed by atoms with van der Waals surface area (Å²) in [5.41, 5.74) is 0.856. The third-order valence-corrected chi connectivity index (χ3v) is 3.20. The molecule has 112 valence electrons. The van der Waals surface area contributed by atoms with Gasteiger partial charge in [-0.15, -0.1) is 5.10 Å². The van der Waals surface area contributed by atoms with E-state index in [1.54, 1.807) is 42.5 Å². The van der Waals surface area contributed by atoms with E-state index in [2.05, 4.69) is 10.1 Å². The van der Waals surface area contributed by atoms with Gasteiger partial charge in [-0.05, 0) is 30.3 Å². The molecule has 6 nitrogen and oxygen atoms in total. The second-order valence-electron chi connectivity index (χ2n) is 4.45. The van der Waals surface area contributed by atoms with Crippen molar-refractivity contribution in [1.82, 2.24) is 14.6 Å². The molecule has 7 heteroatoms. The summed E-state index contributed by atoms with van der Waals surface area (Å²) in [6, 6.07) is 12.2. The van der Waals surface area contributed by atoms with Crippen molar-refractivity contribution in [3.8, 4) is 5.75 Å². The molecular formula is C15H12ClN3O3. The molecule has 0 radical (unpaired) electrons. The van der Waals surface area contributed by atoms with Crippen LogP contribution in [0.5, 0.6) is 5.75 Å². The molecule has 0 spiro atoms. The first kappa shape index (κ1) is 14.3. The lowest BCUT2D eigenvalue weighted by Gasteiger charge is -2.03. The highest BCUT2D eigenvalue weighted by atomic mass is 35.5. The Bertz CT molecular complexity index is 832. The first-order valence-corrected chi connectivity index (χ1v) is 6.86. The zero-order chi connectivity index (χ0) is 15.5. The van der Waals surface area contributed by atoms with Gasteiger partial charge in [0.2, 0.25) is 0 Å². The van der Waals surface area contributed by atoms with Crippen LogP contribution in [0, 0.1) is 0 Å². The number of ether oxygens (including phenoxy) is 2. The Morgan fingerprint density at radius 3 is 2.86 bits per heavy atom. The van der Waals surface area contributed by atoms with Gasteiger partial charge in [0.15, 0.2) is 17.2 Å². The number of methoxy groups -OCH3 is 1. The van der Waals surface area contributed by atoms with E-state index in [0.717, 1.165) is 0 Å². The predicted octanol–water partition coefficient (Wildman–Crippen LogP) is 2.75. The molecule has 3 aromatic rings. The Kier molecular flexibility index (Phi) is 3.93. The molecule has 0 N–H and O–H groups in total. The maximum Gasteiger partial charge on any atom is 0.356 e. The maximum absolute atomic E-state index is 11.7. The number of pyridine rings is 1. The van der Waals surface area contributed by atoms with E-state index in [1.165, 1.54) is 11.6 Å². The van der Waals surface area contributed by atoms with E-state index in [4.69, 9.17) is 21.1 Å². The van der Waals surface area contributed by atoms with Gasteiger partial charge in [-0.2, -0.15) is 0 Å². The minimum absolute atomic E-state index is 0.169.